The number of nitrogens with zero attached hydrogens (tertiary/aromatic N) is 2. The maximum atomic E-state index is 12.3. The van der Waals surface area contributed by atoms with Gasteiger partial charge in [-0.25, -0.2) is 4.98 Å². The average molecular weight is 365 g/mol. The minimum Gasteiger partial charge on any atom is -0.441 e. The monoisotopic (exact) mass is 365 g/mol. The Hall–Kier alpha value is -3.15. The van der Waals surface area contributed by atoms with E-state index in [0.717, 1.165) is 16.8 Å². The van der Waals surface area contributed by atoms with Crippen molar-refractivity contribution in [2.75, 3.05) is 19.0 Å². The second kappa shape index (κ2) is 6.87. The van der Waals surface area contributed by atoms with Crippen LogP contribution in [-0.2, 0) is 9.59 Å². The molecule has 1 fully saturated rings. The Morgan fingerprint density at radius 1 is 1.00 bits per heavy atom. The average Bonchev–Trinajstić information content (AvgIpc) is 3.13. The molecule has 140 valence electrons. The first-order valence-electron chi connectivity index (χ1n) is 8.70. The fourth-order valence-corrected chi connectivity index (χ4v) is 3.18. The molecule has 1 aromatic carbocycles. The molecule has 1 aromatic heterocycles. The lowest BCUT2D eigenvalue weighted by Gasteiger charge is -2.11. The first kappa shape index (κ1) is 18.6. The van der Waals surface area contributed by atoms with Crippen molar-refractivity contribution in [1.82, 2.24) is 10.3 Å². The number of amides is 2. The fourth-order valence-electron chi connectivity index (χ4n) is 3.18. The number of oxazole rings is 1. The molecule has 0 bridgehead atoms. The van der Waals surface area contributed by atoms with Crippen molar-refractivity contribution < 1.29 is 14.0 Å². The highest BCUT2D eigenvalue weighted by Gasteiger charge is 2.34. The molecule has 2 aromatic rings. The summed E-state index contributed by atoms with van der Waals surface area (Å²) in [6.45, 7) is 7.23. The Balaban J connectivity index is 2.07. The lowest BCUT2D eigenvalue weighted by molar-refractivity contribution is -0.123. The van der Waals surface area contributed by atoms with E-state index >= 15 is 0 Å². The van der Waals surface area contributed by atoms with E-state index in [1.54, 1.807) is 13.8 Å². The van der Waals surface area contributed by atoms with Gasteiger partial charge in [0.15, 0.2) is 0 Å². The number of nitrogens with one attached hydrogen (secondary N) is 1. The lowest BCUT2D eigenvalue weighted by Crippen LogP contribution is -2.20. The van der Waals surface area contributed by atoms with Crippen molar-refractivity contribution in [1.29, 1.82) is 0 Å². The summed E-state index contributed by atoms with van der Waals surface area (Å²) >= 11 is 0. The van der Waals surface area contributed by atoms with Gasteiger partial charge in [0.05, 0.1) is 11.1 Å². The summed E-state index contributed by atoms with van der Waals surface area (Å²) in [5, 5.41) is 2.37. The molecule has 6 heteroatoms. The molecule has 3 rings (SSSR count). The van der Waals surface area contributed by atoms with Crippen molar-refractivity contribution in [3.8, 4) is 11.5 Å². The van der Waals surface area contributed by atoms with E-state index in [1.807, 2.05) is 57.1 Å². The van der Waals surface area contributed by atoms with Gasteiger partial charge in [0, 0.05) is 25.3 Å². The second-order valence-corrected chi connectivity index (χ2v) is 7.02. The molecule has 0 aliphatic carbocycles. The smallest absolute Gasteiger partial charge is 0.259 e. The topological polar surface area (TPSA) is 75.4 Å². The number of allylic oxidation sites excluding steroid dienone is 2. The highest BCUT2D eigenvalue weighted by atomic mass is 16.4. The van der Waals surface area contributed by atoms with Gasteiger partial charge in [0.1, 0.15) is 11.5 Å². The highest BCUT2D eigenvalue weighted by Crippen LogP contribution is 2.33. The van der Waals surface area contributed by atoms with E-state index < -0.39 is 5.91 Å². The summed E-state index contributed by atoms with van der Waals surface area (Å²) in [5.74, 6) is 0.325. The zero-order valence-corrected chi connectivity index (χ0v) is 16.4. The van der Waals surface area contributed by atoms with Gasteiger partial charge in [0.2, 0.25) is 5.89 Å². The zero-order valence-electron chi connectivity index (χ0n) is 16.4. The van der Waals surface area contributed by atoms with Gasteiger partial charge < -0.3 is 9.32 Å². The standard InChI is InChI=1S/C21H23N3O3/c1-11(2)16-17(20(26)23-19(16)25)12(3)18-13(4)27-21(22-18)14-7-9-15(10-8-14)24(5)6/h7-10H,1-6H3,(H,23,25,26)/b17-12-. The first-order chi connectivity index (χ1) is 12.7. The predicted octanol–water partition coefficient (Wildman–Crippen LogP) is 3.48. The van der Waals surface area contributed by atoms with Crippen LogP contribution in [0.15, 0.2) is 45.4 Å². The molecule has 27 heavy (non-hydrogen) atoms. The molecule has 0 radical (unpaired) electrons. The minimum atomic E-state index is -0.395. The Morgan fingerprint density at radius 2 is 1.59 bits per heavy atom. The number of aryl methyl sites for hydroxylation is 1. The summed E-state index contributed by atoms with van der Waals surface area (Å²) in [5.41, 5.74) is 4.71. The predicted molar refractivity (Wildman–Crippen MR) is 105 cm³/mol. The van der Waals surface area contributed by atoms with E-state index in [2.05, 4.69) is 10.3 Å². The lowest BCUT2D eigenvalue weighted by atomic mass is 9.97. The molecule has 1 saturated heterocycles. The molecule has 2 heterocycles. The van der Waals surface area contributed by atoms with Gasteiger partial charge in [-0.3, -0.25) is 14.9 Å². The molecule has 0 spiro atoms. The molecule has 1 aliphatic heterocycles. The minimum absolute atomic E-state index is 0.366. The third-order valence-corrected chi connectivity index (χ3v) is 4.59. The summed E-state index contributed by atoms with van der Waals surface area (Å²) in [7, 11) is 3.96. The van der Waals surface area contributed by atoms with Crippen molar-refractivity contribution in [2.45, 2.75) is 27.7 Å². The molecule has 6 nitrogen and oxygen atoms in total. The van der Waals surface area contributed by atoms with E-state index in [4.69, 9.17) is 4.42 Å². The van der Waals surface area contributed by atoms with Crippen molar-refractivity contribution in [3.63, 3.8) is 0 Å². The van der Waals surface area contributed by atoms with Crippen LogP contribution in [0.4, 0.5) is 5.69 Å². The number of aromatic nitrogens is 1. The number of hydrogen-bond acceptors (Lipinski definition) is 5. The Bertz CT molecular complexity index is 988. The third-order valence-electron chi connectivity index (χ3n) is 4.59. The third kappa shape index (κ3) is 3.30. The number of hydrogen-bond donors (Lipinski definition) is 1. The van der Waals surface area contributed by atoms with E-state index in [9.17, 15) is 9.59 Å². The normalized spacial score (nSPS) is 15.9. The Morgan fingerprint density at radius 3 is 2.15 bits per heavy atom. The van der Waals surface area contributed by atoms with Crippen LogP contribution in [0.5, 0.6) is 0 Å². The molecular weight excluding hydrogens is 342 g/mol. The van der Waals surface area contributed by atoms with Crippen LogP contribution in [0.2, 0.25) is 0 Å². The first-order valence-corrected chi connectivity index (χ1v) is 8.70. The second-order valence-electron chi connectivity index (χ2n) is 7.02. The molecule has 1 N–H and O–H groups in total. The molecule has 1 aliphatic rings. The largest absolute Gasteiger partial charge is 0.441 e. The van der Waals surface area contributed by atoms with Gasteiger partial charge in [-0.2, -0.15) is 0 Å². The van der Waals surface area contributed by atoms with Crippen LogP contribution in [0.1, 0.15) is 32.2 Å². The van der Waals surface area contributed by atoms with Gasteiger partial charge in [-0.15, -0.1) is 0 Å². The van der Waals surface area contributed by atoms with Crippen LogP contribution in [-0.4, -0.2) is 30.9 Å². The van der Waals surface area contributed by atoms with Crippen LogP contribution in [0.3, 0.4) is 0 Å². The van der Waals surface area contributed by atoms with Crippen molar-refractivity contribution >= 4 is 23.1 Å². The highest BCUT2D eigenvalue weighted by molar-refractivity contribution is 6.27. The number of imide groups is 1. The fraction of sp³-hybridized carbons (Fsp3) is 0.286. The number of benzene rings is 1. The van der Waals surface area contributed by atoms with Crippen LogP contribution < -0.4 is 10.2 Å². The quantitative estimate of drug-likeness (QED) is 0.666. The summed E-state index contributed by atoms with van der Waals surface area (Å²) in [4.78, 5) is 31.0. The number of anilines is 1. The van der Waals surface area contributed by atoms with Crippen molar-refractivity contribution in [2.24, 2.45) is 0 Å². The van der Waals surface area contributed by atoms with Gasteiger partial charge in [-0.05, 0) is 57.5 Å². The number of rotatable bonds is 3. The van der Waals surface area contributed by atoms with Crippen LogP contribution in [0.25, 0.3) is 17.0 Å². The van der Waals surface area contributed by atoms with Crippen molar-refractivity contribution in [3.05, 3.63) is 52.4 Å². The van der Waals surface area contributed by atoms with Crippen LogP contribution in [0, 0.1) is 6.92 Å². The van der Waals surface area contributed by atoms with Crippen LogP contribution >= 0.6 is 0 Å². The van der Waals surface area contributed by atoms with E-state index in [0.29, 0.717) is 34.1 Å². The van der Waals surface area contributed by atoms with Gasteiger partial charge >= 0.3 is 0 Å². The summed E-state index contributed by atoms with van der Waals surface area (Å²) in [6, 6.07) is 7.87. The molecule has 0 atom stereocenters. The van der Waals surface area contributed by atoms with Gasteiger partial charge in [0.25, 0.3) is 11.8 Å². The Kier molecular flexibility index (Phi) is 4.74. The molecular formula is C21H23N3O3. The molecule has 0 unspecified atom stereocenters. The maximum absolute atomic E-state index is 12.3. The SMILES string of the molecule is CC(C)=C1C(=O)NC(=O)/C1=C(/C)c1nc(-c2ccc(N(C)C)cc2)oc1C. The Labute approximate surface area is 158 Å². The molecule has 0 saturated carbocycles. The maximum Gasteiger partial charge on any atom is 0.259 e. The molecule has 2 amide bonds. The number of carbonyl (C=O) groups is 2. The van der Waals surface area contributed by atoms with E-state index in [-0.39, 0.29) is 5.91 Å². The zero-order chi connectivity index (χ0) is 19.9. The number of carbonyl (C=O) groups excluding carboxylic acids is 2. The summed E-state index contributed by atoms with van der Waals surface area (Å²) in [6.07, 6.45) is 0. The summed E-state index contributed by atoms with van der Waals surface area (Å²) < 4.78 is 5.85. The van der Waals surface area contributed by atoms with Gasteiger partial charge in [-0.1, -0.05) is 5.57 Å². The van der Waals surface area contributed by atoms with E-state index in [1.165, 1.54) is 0 Å².